The molecule has 0 spiro atoms. The van der Waals surface area contributed by atoms with E-state index in [2.05, 4.69) is 9.97 Å². The van der Waals surface area contributed by atoms with E-state index in [4.69, 9.17) is 10.5 Å². The normalized spacial score (nSPS) is 9.73. The molecule has 11 heavy (non-hydrogen) atoms. The summed E-state index contributed by atoms with van der Waals surface area (Å²) < 4.78 is 4.93. The fraction of sp³-hybridized carbons (Fsp3) is 0.429. The van der Waals surface area contributed by atoms with E-state index in [1.807, 2.05) is 6.92 Å². The number of aromatic nitrogens is 2. The maximum absolute atomic E-state index is 5.61. The summed E-state index contributed by atoms with van der Waals surface area (Å²) in [5, 5.41) is 0. The molecule has 0 atom stereocenters. The lowest BCUT2D eigenvalue weighted by Crippen LogP contribution is -2.02. The number of aryl methyl sites for hydroxylation is 2. The van der Waals surface area contributed by atoms with Gasteiger partial charge in [-0.05, 0) is 13.8 Å². The van der Waals surface area contributed by atoms with Gasteiger partial charge in [0, 0.05) is 0 Å². The van der Waals surface area contributed by atoms with Crippen molar-refractivity contribution in [3.8, 4) is 5.88 Å². The van der Waals surface area contributed by atoms with Gasteiger partial charge in [-0.1, -0.05) is 0 Å². The van der Waals surface area contributed by atoms with Crippen molar-refractivity contribution < 1.29 is 4.74 Å². The summed E-state index contributed by atoms with van der Waals surface area (Å²) >= 11 is 0. The summed E-state index contributed by atoms with van der Waals surface area (Å²) in [7, 11) is 1.54. The molecule has 0 aromatic carbocycles. The molecule has 0 saturated heterocycles. The Hall–Kier alpha value is -1.32. The molecule has 0 radical (unpaired) electrons. The highest BCUT2D eigenvalue weighted by Gasteiger charge is 2.05. The molecule has 2 N–H and O–H groups in total. The molecule has 1 aromatic heterocycles. The van der Waals surface area contributed by atoms with Crippen molar-refractivity contribution in [2.24, 2.45) is 0 Å². The van der Waals surface area contributed by atoms with Crippen molar-refractivity contribution in [2.75, 3.05) is 12.8 Å². The Kier molecular flexibility index (Phi) is 1.94. The van der Waals surface area contributed by atoms with Crippen molar-refractivity contribution in [1.82, 2.24) is 9.97 Å². The number of hydrogen-bond donors (Lipinski definition) is 1. The first-order valence-corrected chi connectivity index (χ1v) is 3.30. The highest BCUT2D eigenvalue weighted by atomic mass is 16.5. The minimum atomic E-state index is 0.454. The van der Waals surface area contributed by atoms with Crippen LogP contribution in [0.4, 0.5) is 5.69 Å². The Morgan fingerprint density at radius 1 is 1.27 bits per heavy atom. The van der Waals surface area contributed by atoms with E-state index in [0.717, 1.165) is 5.69 Å². The molecular formula is C7H11N3O. The smallest absolute Gasteiger partial charge is 0.240 e. The average Bonchev–Trinajstić information content (AvgIpc) is 1.96. The first-order chi connectivity index (χ1) is 5.15. The zero-order chi connectivity index (χ0) is 8.43. The Morgan fingerprint density at radius 3 is 2.45 bits per heavy atom. The Labute approximate surface area is 65.4 Å². The third kappa shape index (κ3) is 1.39. The number of nitrogens with zero attached hydrogens (tertiary/aromatic N) is 2. The standard InChI is InChI=1S/C7H11N3O/c1-4-6(8)7(11-3)10-5(2)9-4/h8H2,1-3H3. The second kappa shape index (κ2) is 2.74. The molecule has 0 saturated carbocycles. The molecule has 0 aliphatic heterocycles. The number of ether oxygens (including phenoxy) is 1. The molecule has 0 fully saturated rings. The first kappa shape index (κ1) is 7.78. The van der Waals surface area contributed by atoms with Crippen LogP contribution in [0.2, 0.25) is 0 Å². The van der Waals surface area contributed by atoms with Gasteiger partial charge >= 0.3 is 0 Å². The maximum atomic E-state index is 5.61. The highest BCUT2D eigenvalue weighted by Crippen LogP contribution is 2.19. The maximum Gasteiger partial charge on any atom is 0.240 e. The van der Waals surface area contributed by atoms with Crippen molar-refractivity contribution in [3.63, 3.8) is 0 Å². The van der Waals surface area contributed by atoms with Gasteiger partial charge in [-0.15, -0.1) is 0 Å². The molecular weight excluding hydrogens is 142 g/mol. The van der Waals surface area contributed by atoms with Crippen LogP contribution in [0.25, 0.3) is 0 Å². The summed E-state index contributed by atoms with van der Waals surface area (Å²) in [6, 6.07) is 0. The SMILES string of the molecule is COc1nc(C)nc(C)c1N. The second-order valence-electron chi connectivity index (χ2n) is 2.28. The van der Waals surface area contributed by atoms with Crippen LogP contribution in [0.1, 0.15) is 11.5 Å². The van der Waals surface area contributed by atoms with Crippen LogP contribution in [-0.4, -0.2) is 17.1 Å². The molecule has 0 aliphatic carbocycles. The van der Waals surface area contributed by atoms with E-state index in [-0.39, 0.29) is 0 Å². The van der Waals surface area contributed by atoms with Gasteiger partial charge in [0.15, 0.2) is 0 Å². The minimum absolute atomic E-state index is 0.454. The van der Waals surface area contributed by atoms with Gasteiger partial charge in [-0.25, -0.2) is 4.98 Å². The zero-order valence-electron chi connectivity index (χ0n) is 6.88. The molecule has 0 unspecified atom stereocenters. The Balaban J connectivity index is 3.24. The summed E-state index contributed by atoms with van der Waals surface area (Å²) in [5.74, 6) is 1.13. The average molecular weight is 153 g/mol. The summed E-state index contributed by atoms with van der Waals surface area (Å²) in [4.78, 5) is 8.06. The Bertz CT molecular complexity index is 273. The van der Waals surface area contributed by atoms with Crippen LogP contribution in [-0.2, 0) is 0 Å². The van der Waals surface area contributed by atoms with E-state index in [1.54, 1.807) is 6.92 Å². The minimum Gasteiger partial charge on any atom is -0.479 e. The first-order valence-electron chi connectivity index (χ1n) is 3.30. The highest BCUT2D eigenvalue weighted by molar-refractivity contribution is 5.51. The van der Waals surface area contributed by atoms with Crippen LogP contribution in [0.5, 0.6) is 5.88 Å². The molecule has 0 amide bonds. The van der Waals surface area contributed by atoms with Crippen LogP contribution in [0.3, 0.4) is 0 Å². The molecule has 0 aliphatic rings. The molecule has 1 heterocycles. The number of hydrogen-bond acceptors (Lipinski definition) is 4. The predicted molar refractivity (Wildman–Crippen MR) is 42.5 cm³/mol. The number of nitrogen functional groups attached to an aromatic ring is 1. The van der Waals surface area contributed by atoms with E-state index in [9.17, 15) is 0 Å². The van der Waals surface area contributed by atoms with Gasteiger partial charge in [0.1, 0.15) is 11.5 Å². The van der Waals surface area contributed by atoms with Crippen LogP contribution >= 0.6 is 0 Å². The fourth-order valence-electron chi connectivity index (χ4n) is 0.845. The van der Waals surface area contributed by atoms with Crippen molar-refractivity contribution in [3.05, 3.63) is 11.5 Å². The lowest BCUT2D eigenvalue weighted by atomic mass is 10.3. The van der Waals surface area contributed by atoms with E-state index in [0.29, 0.717) is 17.4 Å². The second-order valence-corrected chi connectivity index (χ2v) is 2.28. The van der Waals surface area contributed by atoms with E-state index < -0.39 is 0 Å². The van der Waals surface area contributed by atoms with Crippen molar-refractivity contribution in [1.29, 1.82) is 0 Å². The van der Waals surface area contributed by atoms with Crippen molar-refractivity contribution >= 4 is 5.69 Å². The zero-order valence-corrected chi connectivity index (χ0v) is 6.88. The van der Waals surface area contributed by atoms with Gasteiger partial charge < -0.3 is 10.5 Å². The Morgan fingerprint density at radius 2 is 1.91 bits per heavy atom. The van der Waals surface area contributed by atoms with Crippen molar-refractivity contribution in [2.45, 2.75) is 13.8 Å². The topological polar surface area (TPSA) is 61.0 Å². The molecule has 4 nitrogen and oxygen atoms in total. The van der Waals surface area contributed by atoms with Crippen LogP contribution in [0, 0.1) is 13.8 Å². The summed E-state index contributed by atoms with van der Waals surface area (Å²) in [6.45, 7) is 3.63. The van der Waals surface area contributed by atoms with Gasteiger partial charge in [-0.3, -0.25) is 0 Å². The molecule has 0 bridgehead atoms. The third-order valence-electron chi connectivity index (χ3n) is 1.41. The fourth-order valence-corrected chi connectivity index (χ4v) is 0.845. The van der Waals surface area contributed by atoms with Gasteiger partial charge in [0.25, 0.3) is 0 Å². The lowest BCUT2D eigenvalue weighted by Gasteiger charge is -2.05. The quantitative estimate of drug-likeness (QED) is 0.644. The monoisotopic (exact) mass is 153 g/mol. The summed E-state index contributed by atoms with van der Waals surface area (Å²) in [6.07, 6.45) is 0. The summed E-state index contributed by atoms with van der Waals surface area (Å²) in [5.41, 5.74) is 6.88. The predicted octanol–water partition coefficient (Wildman–Crippen LogP) is 0.684. The van der Waals surface area contributed by atoms with Gasteiger partial charge in [-0.2, -0.15) is 4.98 Å². The van der Waals surface area contributed by atoms with Crippen LogP contribution in [0.15, 0.2) is 0 Å². The van der Waals surface area contributed by atoms with Gasteiger partial charge in [0.05, 0.1) is 12.8 Å². The van der Waals surface area contributed by atoms with Gasteiger partial charge in [0.2, 0.25) is 5.88 Å². The number of rotatable bonds is 1. The largest absolute Gasteiger partial charge is 0.479 e. The molecule has 1 rings (SSSR count). The van der Waals surface area contributed by atoms with E-state index >= 15 is 0 Å². The molecule has 1 aromatic rings. The number of anilines is 1. The molecule has 4 heteroatoms. The third-order valence-corrected chi connectivity index (χ3v) is 1.41. The number of nitrogens with two attached hydrogens (primary N) is 1. The number of methoxy groups -OCH3 is 1. The van der Waals surface area contributed by atoms with Crippen LogP contribution < -0.4 is 10.5 Å². The molecule has 60 valence electrons. The van der Waals surface area contributed by atoms with E-state index in [1.165, 1.54) is 7.11 Å². The lowest BCUT2D eigenvalue weighted by molar-refractivity contribution is 0.397.